The summed E-state index contributed by atoms with van der Waals surface area (Å²) in [6.45, 7) is 3.38. The Kier molecular flexibility index (Phi) is 4.67. The third-order valence-electron chi connectivity index (χ3n) is 2.80. The topological polar surface area (TPSA) is 30.5 Å². The van der Waals surface area contributed by atoms with Crippen LogP contribution in [0.5, 0.6) is 11.5 Å². The first kappa shape index (κ1) is 13.3. The Morgan fingerprint density at radius 3 is 2.47 bits per heavy atom. The number of methoxy groups -OCH3 is 1. The Bertz CT molecular complexity index is 511. The van der Waals surface area contributed by atoms with Crippen molar-refractivity contribution in [1.82, 2.24) is 0 Å². The van der Waals surface area contributed by atoms with E-state index in [1.165, 1.54) is 5.56 Å². The average molecular weight is 257 g/mol. The summed E-state index contributed by atoms with van der Waals surface area (Å²) < 4.78 is 10.8. The summed E-state index contributed by atoms with van der Waals surface area (Å²) in [5, 5.41) is 3.37. The van der Waals surface area contributed by atoms with E-state index >= 15 is 0 Å². The molecule has 0 atom stereocenters. The van der Waals surface area contributed by atoms with Gasteiger partial charge in [0, 0.05) is 18.3 Å². The Labute approximate surface area is 114 Å². The molecule has 2 rings (SSSR count). The van der Waals surface area contributed by atoms with Crippen LogP contribution in [0, 0.1) is 0 Å². The van der Waals surface area contributed by atoms with Gasteiger partial charge in [-0.3, -0.25) is 0 Å². The number of ether oxygens (including phenoxy) is 2. The van der Waals surface area contributed by atoms with Gasteiger partial charge in [0.1, 0.15) is 0 Å². The van der Waals surface area contributed by atoms with Crippen molar-refractivity contribution >= 4 is 5.69 Å². The molecule has 0 saturated carbocycles. The summed E-state index contributed by atoms with van der Waals surface area (Å²) in [5.74, 6) is 1.52. The molecule has 3 heteroatoms. The van der Waals surface area contributed by atoms with E-state index in [0.29, 0.717) is 6.61 Å². The van der Waals surface area contributed by atoms with E-state index in [0.717, 1.165) is 23.7 Å². The first-order valence-corrected chi connectivity index (χ1v) is 6.42. The summed E-state index contributed by atoms with van der Waals surface area (Å²) in [6, 6.07) is 16.2. The third kappa shape index (κ3) is 3.65. The zero-order valence-electron chi connectivity index (χ0n) is 11.3. The van der Waals surface area contributed by atoms with Crippen molar-refractivity contribution in [2.45, 2.75) is 13.5 Å². The van der Waals surface area contributed by atoms with Gasteiger partial charge in [0.05, 0.1) is 13.7 Å². The van der Waals surface area contributed by atoms with Gasteiger partial charge in [-0.1, -0.05) is 30.3 Å². The van der Waals surface area contributed by atoms with Crippen molar-refractivity contribution in [3.63, 3.8) is 0 Å². The van der Waals surface area contributed by atoms with E-state index in [1.54, 1.807) is 7.11 Å². The molecule has 2 aromatic carbocycles. The van der Waals surface area contributed by atoms with Gasteiger partial charge >= 0.3 is 0 Å². The van der Waals surface area contributed by atoms with Crippen molar-refractivity contribution in [2.75, 3.05) is 19.0 Å². The van der Waals surface area contributed by atoms with Crippen LogP contribution in [-0.4, -0.2) is 13.7 Å². The highest BCUT2D eigenvalue weighted by molar-refractivity contribution is 5.55. The summed E-state index contributed by atoms with van der Waals surface area (Å²) in [6.07, 6.45) is 0. The number of benzene rings is 2. The maximum Gasteiger partial charge on any atom is 0.162 e. The fourth-order valence-corrected chi connectivity index (χ4v) is 1.85. The standard InChI is InChI=1S/C16H19NO2/c1-3-19-15-10-9-14(11-16(15)18-2)17-12-13-7-5-4-6-8-13/h4-11,17H,3,12H2,1-2H3. The van der Waals surface area contributed by atoms with E-state index in [9.17, 15) is 0 Å². The summed E-state index contributed by atoms with van der Waals surface area (Å²) in [4.78, 5) is 0. The lowest BCUT2D eigenvalue weighted by Gasteiger charge is -2.12. The van der Waals surface area contributed by atoms with Crippen LogP contribution in [0.4, 0.5) is 5.69 Å². The maximum atomic E-state index is 5.49. The highest BCUT2D eigenvalue weighted by Crippen LogP contribution is 2.30. The largest absolute Gasteiger partial charge is 0.493 e. The molecule has 2 aromatic rings. The van der Waals surface area contributed by atoms with Crippen molar-refractivity contribution in [1.29, 1.82) is 0 Å². The van der Waals surface area contributed by atoms with Gasteiger partial charge < -0.3 is 14.8 Å². The predicted octanol–water partition coefficient (Wildman–Crippen LogP) is 3.71. The average Bonchev–Trinajstić information content (AvgIpc) is 2.47. The molecule has 0 radical (unpaired) electrons. The Balaban J connectivity index is 2.05. The van der Waals surface area contributed by atoms with E-state index in [2.05, 4.69) is 17.4 Å². The van der Waals surface area contributed by atoms with E-state index in [-0.39, 0.29) is 0 Å². The molecule has 0 aliphatic rings. The van der Waals surface area contributed by atoms with Gasteiger partial charge in [0.15, 0.2) is 11.5 Å². The molecule has 1 N–H and O–H groups in total. The molecule has 0 spiro atoms. The zero-order chi connectivity index (χ0) is 13.5. The van der Waals surface area contributed by atoms with Crippen molar-refractivity contribution in [3.05, 3.63) is 54.1 Å². The molecule has 3 nitrogen and oxygen atoms in total. The van der Waals surface area contributed by atoms with Gasteiger partial charge in [-0.05, 0) is 24.6 Å². The lowest BCUT2D eigenvalue weighted by atomic mass is 10.2. The molecule has 0 heterocycles. The lowest BCUT2D eigenvalue weighted by molar-refractivity contribution is 0.311. The molecular formula is C16H19NO2. The summed E-state index contributed by atoms with van der Waals surface area (Å²) in [7, 11) is 1.65. The number of nitrogens with one attached hydrogen (secondary N) is 1. The van der Waals surface area contributed by atoms with Gasteiger partial charge in [-0.25, -0.2) is 0 Å². The minimum atomic E-state index is 0.632. The number of rotatable bonds is 6. The van der Waals surface area contributed by atoms with E-state index in [4.69, 9.17) is 9.47 Å². The van der Waals surface area contributed by atoms with E-state index in [1.807, 2.05) is 43.3 Å². The van der Waals surface area contributed by atoms with Crippen LogP contribution < -0.4 is 14.8 Å². The van der Waals surface area contributed by atoms with Crippen LogP contribution in [0.2, 0.25) is 0 Å². The van der Waals surface area contributed by atoms with Crippen LogP contribution in [0.1, 0.15) is 12.5 Å². The minimum absolute atomic E-state index is 0.632. The summed E-state index contributed by atoms with van der Waals surface area (Å²) >= 11 is 0. The normalized spacial score (nSPS) is 10.0. The Morgan fingerprint density at radius 2 is 1.79 bits per heavy atom. The highest BCUT2D eigenvalue weighted by atomic mass is 16.5. The molecule has 0 aliphatic carbocycles. The minimum Gasteiger partial charge on any atom is -0.493 e. The second-order valence-corrected chi connectivity index (χ2v) is 4.14. The van der Waals surface area contributed by atoms with Crippen LogP contribution in [0.3, 0.4) is 0 Å². The van der Waals surface area contributed by atoms with Gasteiger partial charge in [0.25, 0.3) is 0 Å². The zero-order valence-corrected chi connectivity index (χ0v) is 11.3. The fraction of sp³-hybridized carbons (Fsp3) is 0.250. The molecular weight excluding hydrogens is 238 g/mol. The molecule has 0 aliphatic heterocycles. The molecule has 0 bridgehead atoms. The van der Waals surface area contributed by atoms with Crippen molar-refractivity contribution in [3.8, 4) is 11.5 Å². The second kappa shape index (κ2) is 6.69. The monoisotopic (exact) mass is 257 g/mol. The second-order valence-electron chi connectivity index (χ2n) is 4.14. The van der Waals surface area contributed by atoms with Gasteiger partial charge in [0.2, 0.25) is 0 Å². The maximum absolute atomic E-state index is 5.49. The highest BCUT2D eigenvalue weighted by Gasteiger charge is 2.04. The third-order valence-corrected chi connectivity index (χ3v) is 2.80. The molecule has 0 amide bonds. The molecule has 0 aromatic heterocycles. The quantitative estimate of drug-likeness (QED) is 0.855. The summed E-state index contributed by atoms with van der Waals surface area (Å²) in [5.41, 5.74) is 2.26. The molecule has 100 valence electrons. The molecule has 0 saturated heterocycles. The lowest BCUT2D eigenvalue weighted by Crippen LogP contribution is -2.00. The van der Waals surface area contributed by atoms with Crippen molar-refractivity contribution in [2.24, 2.45) is 0 Å². The van der Waals surface area contributed by atoms with Crippen LogP contribution in [0.25, 0.3) is 0 Å². The number of hydrogen-bond acceptors (Lipinski definition) is 3. The first-order valence-electron chi connectivity index (χ1n) is 6.42. The van der Waals surface area contributed by atoms with Crippen LogP contribution in [-0.2, 0) is 6.54 Å². The van der Waals surface area contributed by atoms with Crippen LogP contribution >= 0.6 is 0 Å². The smallest absolute Gasteiger partial charge is 0.162 e. The predicted molar refractivity (Wildman–Crippen MR) is 77.9 cm³/mol. The number of hydrogen-bond donors (Lipinski definition) is 1. The van der Waals surface area contributed by atoms with Crippen LogP contribution in [0.15, 0.2) is 48.5 Å². The first-order chi connectivity index (χ1) is 9.33. The van der Waals surface area contributed by atoms with Crippen molar-refractivity contribution < 1.29 is 9.47 Å². The van der Waals surface area contributed by atoms with E-state index < -0.39 is 0 Å². The Hall–Kier alpha value is -2.16. The molecule has 0 unspecified atom stereocenters. The van der Waals surface area contributed by atoms with Gasteiger partial charge in [-0.2, -0.15) is 0 Å². The molecule has 19 heavy (non-hydrogen) atoms. The molecule has 0 fully saturated rings. The SMILES string of the molecule is CCOc1ccc(NCc2ccccc2)cc1OC. The van der Waals surface area contributed by atoms with Gasteiger partial charge in [-0.15, -0.1) is 0 Å². The fourth-order valence-electron chi connectivity index (χ4n) is 1.85. The Morgan fingerprint density at radius 1 is 1.00 bits per heavy atom. The number of anilines is 1.